The Morgan fingerprint density at radius 3 is 2.32 bits per heavy atom. The molecule has 0 unspecified atom stereocenters. The fraction of sp³-hybridized carbons (Fsp3) is 0.696. The number of nitrogens with one attached hydrogen (secondary N) is 2. The van der Waals surface area contributed by atoms with E-state index in [0.717, 1.165) is 44.3 Å². The van der Waals surface area contributed by atoms with Crippen molar-refractivity contribution in [1.29, 1.82) is 0 Å². The maximum atomic E-state index is 12.1. The Labute approximate surface area is 168 Å². The van der Waals surface area contributed by atoms with E-state index in [1.165, 1.54) is 56.4 Å². The molecule has 3 saturated heterocycles. The van der Waals surface area contributed by atoms with Crippen LogP contribution in [0.15, 0.2) is 24.3 Å². The number of hydrogen-bond donors (Lipinski definition) is 2. The molecule has 1 saturated carbocycles. The van der Waals surface area contributed by atoms with Crippen LogP contribution in [0.1, 0.15) is 55.6 Å². The third-order valence-corrected chi connectivity index (χ3v) is 7.63. The summed E-state index contributed by atoms with van der Waals surface area (Å²) in [6, 6.07) is 9.46. The molecule has 2 N–H and O–H groups in total. The number of benzene rings is 1. The molecule has 1 aromatic rings. The van der Waals surface area contributed by atoms with Gasteiger partial charge >= 0.3 is 0 Å². The molecule has 5 rings (SSSR count). The summed E-state index contributed by atoms with van der Waals surface area (Å²) in [6.45, 7) is 7.60. The molecular formula is C23H34N4O. The normalized spacial score (nSPS) is 30.5. The number of amides is 1. The summed E-state index contributed by atoms with van der Waals surface area (Å²) in [5, 5.41) is 6.32. The Kier molecular flexibility index (Phi) is 5.16. The number of piperidine rings is 1. The maximum Gasteiger partial charge on any atom is 0.241 e. The van der Waals surface area contributed by atoms with E-state index < -0.39 is 0 Å². The van der Waals surface area contributed by atoms with E-state index in [9.17, 15) is 4.79 Å². The summed E-state index contributed by atoms with van der Waals surface area (Å²) in [5.74, 6) is 1.79. The number of nitrogens with zero attached hydrogens (tertiary/aromatic N) is 2. The molecule has 1 amide bonds. The minimum atomic E-state index is -0.268. The predicted octanol–water partition coefficient (Wildman–Crippen LogP) is 2.29. The van der Waals surface area contributed by atoms with Gasteiger partial charge in [0.25, 0.3) is 0 Å². The number of likely N-dealkylation sites (tertiary alicyclic amines) is 2. The lowest BCUT2D eigenvalue weighted by Crippen LogP contribution is -2.55. The summed E-state index contributed by atoms with van der Waals surface area (Å²) < 4.78 is 0. The Morgan fingerprint density at radius 2 is 1.68 bits per heavy atom. The van der Waals surface area contributed by atoms with Gasteiger partial charge in [0.05, 0.1) is 6.67 Å². The van der Waals surface area contributed by atoms with Gasteiger partial charge in [0.15, 0.2) is 0 Å². The summed E-state index contributed by atoms with van der Waals surface area (Å²) in [7, 11) is 0. The highest BCUT2D eigenvalue weighted by Gasteiger charge is 2.44. The molecule has 0 aromatic heterocycles. The van der Waals surface area contributed by atoms with E-state index in [2.05, 4.69) is 44.7 Å². The summed E-state index contributed by atoms with van der Waals surface area (Å²) in [4.78, 5) is 17.2. The Morgan fingerprint density at radius 1 is 0.964 bits per heavy atom. The van der Waals surface area contributed by atoms with Gasteiger partial charge < -0.3 is 10.2 Å². The Balaban J connectivity index is 1.06. The monoisotopic (exact) mass is 382 g/mol. The third kappa shape index (κ3) is 3.72. The number of carbonyl (C=O) groups excluding carboxylic acids is 1. The van der Waals surface area contributed by atoms with Gasteiger partial charge in [-0.25, -0.2) is 0 Å². The third-order valence-electron chi connectivity index (χ3n) is 7.63. The van der Waals surface area contributed by atoms with Crippen LogP contribution in [0.25, 0.3) is 0 Å². The van der Waals surface area contributed by atoms with Gasteiger partial charge in [-0.2, -0.15) is 0 Å². The van der Waals surface area contributed by atoms with Crippen LogP contribution < -0.4 is 10.6 Å². The molecule has 3 aliphatic heterocycles. The minimum Gasteiger partial charge on any atom is -0.342 e. The van der Waals surface area contributed by atoms with E-state index in [1.807, 2.05) is 0 Å². The smallest absolute Gasteiger partial charge is 0.241 e. The SMILES string of the molecule is O=C1NCNC12CCN(CC1CC(c3ccc(CN4CCCC4)cc3)C1)CC2. The molecule has 0 radical (unpaired) electrons. The summed E-state index contributed by atoms with van der Waals surface area (Å²) in [5.41, 5.74) is 2.73. The minimum absolute atomic E-state index is 0.212. The van der Waals surface area contributed by atoms with E-state index in [4.69, 9.17) is 0 Å². The highest BCUT2D eigenvalue weighted by Crippen LogP contribution is 2.42. The van der Waals surface area contributed by atoms with Gasteiger partial charge in [-0.3, -0.25) is 15.0 Å². The van der Waals surface area contributed by atoms with Crippen LogP contribution in [-0.4, -0.2) is 60.6 Å². The zero-order chi connectivity index (χ0) is 19.0. The quantitative estimate of drug-likeness (QED) is 0.820. The largest absolute Gasteiger partial charge is 0.342 e. The zero-order valence-corrected chi connectivity index (χ0v) is 17.0. The van der Waals surface area contributed by atoms with Gasteiger partial charge in [-0.05, 0) is 74.6 Å². The molecule has 0 bridgehead atoms. The standard InChI is InChI=1S/C23H34N4O/c28-22-23(25-17-24-22)7-11-27(12-8-23)16-19-13-21(14-19)20-5-3-18(4-6-20)15-26-9-1-2-10-26/h3-6,19,21,25H,1-2,7-17H2,(H,24,28). The molecule has 1 spiro atoms. The van der Waals surface area contributed by atoms with Gasteiger partial charge in [0.1, 0.15) is 5.54 Å². The van der Waals surface area contributed by atoms with Gasteiger partial charge in [-0.1, -0.05) is 24.3 Å². The highest BCUT2D eigenvalue weighted by molar-refractivity contribution is 5.88. The number of carbonyl (C=O) groups is 1. The predicted molar refractivity (Wildman–Crippen MR) is 111 cm³/mol. The van der Waals surface area contributed by atoms with Crippen molar-refractivity contribution in [3.8, 4) is 0 Å². The molecular weight excluding hydrogens is 348 g/mol. The lowest BCUT2D eigenvalue weighted by Gasteiger charge is -2.43. The van der Waals surface area contributed by atoms with Crippen molar-refractivity contribution in [3.05, 3.63) is 35.4 Å². The van der Waals surface area contributed by atoms with Crippen LogP contribution in [0.3, 0.4) is 0 Å². The molecule has 152 valence electrons. The molecule has 0 atom stereocenters. The first kappa shape index (κ1) is 18.6. The molecule has 4 fully saturated rings. The van der Waals surface area contributed by atoms with Crippen molar-refractivity contribution < 1.29 is 4.79 Å². The fourth-order valence-corrected chi connectivity index (χ4v) is 5.68. The first-order valence-corrected chi connectivity index (χ1v) is 11.3. The second-order valence-electron chi connectivity index (χ2n) is 9.50. The first-order chi connectivity index (χ1) is 13.7. The van der Waals surface area contributed by atoms with Gasteiger partial charge in [0.2, 0.25) is 5.91 Å². The van der Waals surface area contributed by atoms with Crippen LogP contribution in [0.4, 0.5) is 0 Å². The number of rotatable bonds is 5. The zero-order valence-electron chi connectivity index (χ0n) is 17.0. The molecule has 1 aromatic carbocycles. The van der Waals surface area contributed by atoms with Crippen molar-refractivity contribution in [3.63, 3.8) is 0 Å². The van der Waals surface area contributed by atoms with Crippen molar-refractivity contribution in [1.82, 2.24) is 20.4 Å². The van der Waals surface area contributed by atoms with Crippen molar-refractivity contribution in [2.45, 2.75) is 56.5 Å². The van der Waals surface area contributed by atoms with E-state index >= 15 is 0 Å². The second-order valence-corrected chi connectivity index (χ2v) is 9.50. The van der Waals surface area contributed by atoms with E-state index in [-0.39, 0.29) is 11.4 Å². The van der Waals surface area contributed by atoms with E-state index in [1.54, 1.807) is 0 Å². The molecule has 5 nitrogen and oxygen atoms in total. The average molecular weight is 383 g/mol. The summed E-state index contributed by atoms with van der Waals surface area (Å²) >= 11 is 0. The van der Waals surface area contributed by atoms with Crippen molar-refractivity contribution >= 4 is 5.91 Å². The fourth-order valence-electron chi connectivity index (χ4n) is 5.68. The molecule has 5 heteroatoms. The van der Waals surface area contributed by atoms with Crippen molar-refractivity contribution in [2.24, 2.45) is 5.92 Å². The van der Waals surface area contributed by atoms with E-state index in [0.29, 0.717) is 6.67 Å². The summed E-state index contributed by atoms with van der Waals surface area (Å²) in [6.07, 6.45) is 7.28. The Hall–Kier alpha value is -1.43. The maximum absolute atomic E-state index is 12.1. The molecule has 28 heavy (non-hydrogen) atoms. The van der Waals surface area contributed by atoms with Crippen LogP contribution in [-0.2, 0) is 11.3 Å². The van der Waals surface area contributed by atoms with Gasteiger partial charge in [-0.15, -0.1) is 0 Å². The van der Waals surface area contributed by atoms with Crippen LogP contribution >= 0.6 is 0 Å². The Bertz CT molecular complexity index is 683. The lowest BCUT2D eigenvalue weighted by molar-refractivity contribution is -0.125. The molecule has 3 heterocycles. The molecule has 1 aliphatic carbocycles. The van der Waals surface area contributed by atoms with Crippen LogP contribution in [0, 0.1) is 5.92 Å². The molecule has 4 aliphatic rings. The van der Waals surface area contributed by atoms with Crippen molar-refractivity contribution in [2.75, 3.05) is 39.4 Å². The van der Waals surface area contributed by atoms with Crippen LogP contribution in [0.5, 0.6) is 0 Å². The first-order valence-electron chi connectivity index (χ1n) is 11.3. The highest BCUT2D eigenvalue weighted by atomic mass is 16.2. The second kappa shape index (κ2) is 7.77. The lowest BCUT2D eigenvalue weighted by atomic mass is 9.71. The topological polar surface area (TPSA) is 47.6 Å². The number of hydrogen-bond acceptors (Lipinski definition) is 4. The van der Waals surface area contributed by atoms with Crippen LogP contribution in [0.2, 0.25) is 0 Å². The average Bonchev–Trinajstić information content (AvgIpc) is 3.31. The van der Waals surface area contributed by atoms with Gasteiger partial charge in [0, 0.05) is 26.2 Å².